The van der Waals surface area contributed by atoms with E-state index in [0.717, 1.165) is 23.7 Å². The Labute approximate surface area is 117 Å². The first-order valence-electron chi connectivity index (χ1n) is 6.01. The second-order valence-corrected chi connectivity index (χ2v) is 5.16. The molecule has 19 heavy (non-hydrogen) atoms. The molecule has 0 bridgehead atoms. The average molecular weight is 279 g/mol. The first kappa shape index (κ1) is 13.8. The van der Waals surface area contributed by atoms with Gasteiger partial charge in [-0.05, 0) is 23.8 Å². The Kier molecular flexibility index (Phi) is 4.74. The van der Waals surface area contributed by atoms with Crippen molar-refractivity contribution in [2.75, 3.05) is 32.4 Å². The third-order valence-corrected chi connectivity index (χ3v) is 3.86. The van der Waals surface area contributed by atoms with Crippen molar-refractivity contribution in [3.05, 3.63) is 29.8 Å². The fourth-order valence-electron chi connectivity index (χ4n) is 1.82. The Hall–Kier alpha value is -1.62. The molecule has 1 heterocycles. The first-order chi connectivity index (χ1) is 9.24. The topological polar surface area (TPSA) is 38.8 Å². The number of nitrogens with zero attached hydrogens (tertiary/aromatic N) is 1. The average Bonchev–Trinajstić information content (AvgIpc) is 2.98. The third kappa shape index (κ3) is 3.44. The number of methoxy groups -OCH3 is 2. The van der Waals surface area contributed by atoms with Crippen molar-refractivity contribution in [3.63, 3.8) is 0 Å². The Morgan fingerprint density at radius 2 is 2.11 bits per heavy atom. The molecule has 2 rings (SSSR count). The second kappa shape index (κ2) is 6.52. The molecule has 0 saturated carbocycles. The summed E-state index contributed by atoms with van der Waals surface area (Å²) in [6, 6.07) is 5.57. The van der Waals surface area contributed by atoms with Gasteiger partial charge in [0.2, 0.25) is 5.91 Å². The Morgan fingerprint density at radius 1 is 1.32 bits per heavy atom. The summed E-state index contributed by atoms with van der Waals surface area (Å²) >= 11 is 1.78. The van der Waals surface area contributed by atoms with Gasteiger partial charge in [0, 0.05) is 18.4 Å². The fraction of sp³-hybridized carbons (Fsp3) is 0.357. The van der Waals surface area contributed by atoms with Gasteiger partial charge in [-0.1, -0.05) is 6.07 Å². The van der Waals surface area contributed by atoms with E-state index in [2.05, 4.69) is 0 Å². The lowest BCUT2D eigenvalue weighted by Crippen LogP contribution is -2.25. The number of ether oxygens (including phenoxy) is 2. The minimum absolute atomic E-state index is 0.0554. The lowest BCUT2D eigenvalue weighted by atomic mass is 10.2. The van der Waals surface area contributed by atoms with E-state index in [4.69, 9.17) is 9.47 Å². The molecule has 0 radical (unpaired) electrons. The number of carbonyl (C=O) groups excluding carboxylic acids is 1. The lowest BCUT2D eigenvalue weighted by molar-refractivity contribution is -0.124. The molecule has 4 nitrogen and oxygen atoms in total. The van der Waals surface area contributed by atoms with Crippen molar-refractivity contribution in [2.45, 2.75) is 0 Å². The predicted octanol–water partition coefficient (Wildman–Crippen LogP) is 2.25. The van der Waals surface area contributed by atoms with Crippen LogP contribution in [-0.4, -0.2) is 43.2 Å². The van der Waals surface area contributed by atoms with Gasteiger partial charge in [-0.25, -0.2) is 0 Å². The maximum Gasteiger partial charge on any atom is 0.247 e. The van der Waals surface area contributed by atoms with Gasteiger partial charge in [-0.3, -0.25) is 4.79 Å². The zero-order chi connectivity index (χ0) is 13.7. The maximum atomic E-state index is 11.9. The molecular formula is C14H17NO3S. The van der Waals surface area contributed by atoms with E-state index in [9.17, 15) is 4.79 Å². The van der Waals surface area contributed by atoms with Crippen LogP contribution in [0.2, 0.25) is 0 Å². The van der Waals surface area contributed by atoms with E-state index in [1.807, 2.05) is 23.1 Å². The molecule has 0 unspecified atom stereocenters. The molecule has 1 aromatic carbocycles. The lowest BCUT2D eigenvalue weighted by Gasteiger charge is -2.11. The Balaban J connectivity index is 2.07. The van der Waals surface area contributed by atoms with Crippen molar-refractivity contribution in [1.29, 1.82) is 0 Å². The van der Waals surface area contributed by atoms with Crippen molar-refractivity contribution in [2.24, 2.45) is 0 Å². The van der Waals surface area contributed by atoms with Crippen LogP contribution in [0.1, 0.15) is 5.56 Å². The highest BCUT2D eigenvalue weighted by Gasteiger charge is 2.15. The minimum Gasteiger partial charge on any atom is -0.493 e. The molecule has 0 spiro atoms. The SMILES string of the molecule is COc1ccc(/C=C/C(=O)N2CCSC2)cc1OC. The summed E-state index contributed by atoms with van der Waals surface area (Å²) in [6.07, 6.45) is 3.40. The van der Waals surface area contributed by atoms with Gasteiger partial charge in [0.05, 0.1) is 20.1 Å². The highest BCUT2D eigenvalue weighted by atomic mass is 32.2. The number of hydrogen-bond acceptors (Lipinski definition) is 4. The van der Waals surface area contributed by atoms with Crippen molar-refractivity contribution in [3.8, 4) is 11.5 Å². The molecule has 1 fully saturated rings. The smallest absolute Gasteiger partial charge is 0.247 e. The summed E-state index contributed by atoms with van der Waals surface area (Å²) in [5, 5.41) is 0. The van der Waals surface area contributed by atoms with Gasteiger partial charge in [0.25, 0.3) is 0 Å². The van der Waals surface area contributed by atoms with Crippen LogP contribution in [0.25, 0.3) is 6.08 Å². The summed E-state index contributed by atoms with van der Waals surface area (Å²) in [7, 11) is 3.19. The monoisotopic (exact) mass is 279 g/mol. The number of benzene rings is 1. The van der Waals surface area contributed by atoms with Crippen molar-refractivity contribution in [1.82, 2.24) is 4.90 Å². The van der Waals surface area contributed by atoms with Gasteiger partial charge in [0.1, 0.15) is 0 Å². The Morgan fingerprint density at radius 3 is 2.74 bits per heavy atom. The third-order valence-electron chi connectivity index (χ3n) is 2.89. The van der Waals surface area contributed by atoms with E-state index in [-0.39, 0.29) is 5.91 Å². The van der Waals surface area contributed by atoms with Crippen molar-refractivity contribution >= 4 is 23.7 Å². The fourth-order valence-corrected chi connectivity index (χ4v) is 2.77. The number of amides is 1. The van der Waals surface area contributed by atoms with Crippen LogP contribution in [0.5, 0.6) is 11.5 Å². The highest BCUT2D eigenvalue weighted by molar-refractivity contribution is 7.99. The largest absolute Gasteiger partial charge is 0.493 e. The second-order valence-electron chi connectivity index (χ2n) is 4.09. The molecule has 0 aliphatic carbocycles. The van der Waals surface area contributed by atoms with E-state index >= 15 is 0 Å². The first-order valence-corrected chi connectivity index (χ1v) is 7.17. The van der Waals surface area contributed by atoms with E-state index < -0.39 is 0 Å². The van der Waals surface area contributed by atoms with Gasteiger partial charge in [-0.15, -0.1) is 11.8 Å². The molecular weight excluding hydrogens is 262 g/mol. The highest BCUT2D eigenvalue weighted by Crippen LogP contribution is 2.28. The molecule has 5 heteroatoms. The molecule has 1 aliphatic heterocycles. The van der Waals surface area contributed by atoms with Crippen LogP contribution >= 0.6 is 11.8 Å². The van der Waals surface area contributed by atoms with Gasteiger partial charge in [0.15, 0.2) is 11.5 Å². The summed E-state index contributed by atoms with van der Waals surface area (Å²) in [4.78, 5) is 13.7. The molecule has 1 amide bonds. The number of carbonyl (C=O) groups is 1. The molecule has 1 aliphatic rings. The van der Waals surface area contributed by atoms with Gasteiger partial charge in [-0.2, -0.15) is 0 Å². The van der Waals surface area contributed by atoms with E-state index in [1.54, 1.807) is 38.1 Å². The molecule has 1 saturated heterocycles. The molecule has 0 N–H and O–H groups in total. The van der Waals surface area contributed by atoms with E-state index in [1.165, 1.54) is 0 Å². The summed E-state index contributed by atoms with van der Waals surface area (Å²) in [6.45, 7) is 0.833. The normalized spacial score (nSPS) is 14.9. The zero-order valence-corrected chi connectivity index (χ0v) is 11.9. The number of thioether (sulfide) groups is 1. The minimum atomic E-state index is 0.0554. The molecule has 1 aromatic rings. The van der Waals surface area contributed by atoms with Crippen LogP contribution in [0, 0.1) is 0 Å². The van der Waals surface area contributed by atoms with Crippen LogP contribution in [-0.2, 0) is 4.79 Å². The van der Waals surface area contributed by atoms with E-state index in [0.29, 0.717) is 11.5 Å². The van der Waals surface area contributed by atoms with Crippen LogP contribution in [0.3, 0.4) is 0 Å². The van der Waals surface area contributed by atoms with Crippen LogP contribution < -0.4 is 9.47 Å². The van der Waals surface area contributed by atoms with Crippen LogP contribution in [0.15, 0.2) is 24.3 Å². The number of rotatable bonds is 4. The standard InChI is InChI=1S/C14H17NO3S/c1-17-12-5-3-11(9-13(12)18-2)4-6-14(16)15-7-8-19-10-15/h3-6,9H,7-8,10H2,1-2H3/b6-4+. The summed E-state index contributed by atoms with van der Waals surface area (Å²) in [5.41, 5.74) is 0.915. The molecule has 102 valence electrons. The summed E-state index contributed by atoms with van der Waals surface area (Å²) in [5.74, 6) is 3.21. The van der Waals surface area contributed by atoms with Gasteiger partial charge < -0.3 is 14.4 Å². The Bertz CT molecular complexity index is 482. The number of hydrogen-bond donors (Lipinski definition) is 0. The zero-order valence-electron chi connectivity index (χ0n) is 11.1. The quantitative estimate of drug-likeness (QED) is 0.792. The van der Waals surface area contributed by atoms with Crippen molar-refractivity contribution < 1.29 is 14.3 Å². The van der Waals surface area contributed by atoms with Crippen LogP contribution in [0.4, 0.5) is 0 Å². The van der Waals surface area contributed by atoms with Gasteiger partial charge >= 0.3 is 0 Å². The maximum absolute atomic E-state index is 11.9. The molecule has 0 atom stereocenters. The molecule has 0 aromatic heterocycles. The predicted molar refractivity (Wildman–Crippen MR) is 77.6 cm³/mol. The summed E-state index contributed by atoms with van der Waals surface area (Å²) < 4.78 is 10.4.